The Bertz CT molecular complexity index is 2250. The molecule has 14 nitrogen and oxygen atoms in total. The lowest BCUT2D eigenvalue weighted by atomic mass is 9.44. The molecule has 0 radical (unpaired) electrons. The topological polar surface area (TPSA) is 236 Å². The highest BCUT2D eigenvalue weighted by molar-refractivity contribution is 7.92. The standard InChI is InChI=1S/C22H29FO5.C18H14N4O5S/c1-12-8-16-15-5-4-13-9-14(25)6-7-19(13,2)21(15,23)17(26)10-20(16,3)22(12,28)18(27)11-24;23-16-9-6-13(11-15(16)18(24)25)21-20-12-4-7-14(8-5-12)28(26,27)22-17-3-1-2-10-19-17/h6-7,9,12,15-17,24,26,28H,4-5,8,10-11H2,1-3H3;1-11,23H,(H,19,22)(H,24,25)/t12-,15+,16+,17+,19+,20+,21+,22+;/m1./s1. The number of halogens is 1. The fourth-order valence-corrected chi connectivity index (χ4v) is 10.5. The zero-order valence-electron chi connectivity index (χ0n) is 30.8. The van der Waals surface area contributed by atoms with Gasteiger partial charge in [0.1, 0.15) is 29.3 Å². The van der Waals surface area contributed by atoms with Crippen LogP contribution in [0.25, 0.3) is 0 Å². The highest BCUT2D eigenvalue weighted by atomic mass is 32.2. The summed E-state index contributed by atoms with van der Waals surface area (Å²) in [5, 5.41) is 58.3. The number of aliphatic hydroxyl groups is 3. The second kappa shape index (κ2) is 14.7. The molecular weight excluding hydrogens is 748 g/mol. The van der Waals surface area contributed by atoms with Gasteiger partial charge in [-0.05, 0) is 111 Å². The number of rotatable bonds is 8. The zero-order valence-corrected chi connectivity index (χ0v) is 31.6. The Hall–Kier alpha value is -5.16. The average molecular weight is 791 g/mol. The van der Waals surface area contributed by atoms with Crippen LogP contribution in [0.15, 0.2) is 106 Å². The van der Waals surface area contributed by atoms with Gasteiger partial charge in [0, 0.05) is 22.9 Å². The number of sulfonamides is 1. The molecule has 6 N–H and O–H groups in total. The Morgan fingerprint density at radius 3 is 2.36 bits per heavy atom. The van der Waals surface area contributed by atoms with E-state index in [1.54, 1.807) is 39.0 Å². The summed E-state index contributed by atoms with van der Waals surface area (Å²) < 4.78 is 43.9. The minimum absolute atomic E-state index is 0.0231. The molecule has 1 heterocycles. The van der Waals surface area contributed by atoms with Crippen LogP contribution >= 0.6 is 0 Å². The Morgan fingerprint density at radius 2 is 1.71 bits per heavy atom. The van der Waals surface area contributed by atoms with Crippen molar-refractivity contribution in [2.24, 2.45) is 38.8 Å². The first-order valence-electron chi connectivity index (χ1n) is 18.0. The third-order valence-corrected chi connectivity index (χ3v) is 13.7. The molecule has 0 bridgehead atoms. The fraction of sp³-hybridized carbons (Fsp3) is 0.400. The number of azo groups is 1. The van der Waals surface area contributed by atoms with Crippen molar-refractivity contribution in [2.45, 2.75) is 68.7 Å². The number of aromatic hydroxyl groups is 1. The molecular formula is C40H43FN4O10S. The predicted molar refractivity (Wildman–Crippen MR) is 201 cm³/mol. The molecule has 4 aliphatic rings. The number of alkyl halides is 1. The number of aromatic carboxylic acids is 1. The van der Waals surface area contributed by atoms with Crippen molar-refractivity contribution in [1.82, 2.24) is 4.98 Å². The van der Waals surface area contributed by atoms with Crippen LogP contribution in [-0.2, 0) is 19.6 Å². The van der Waals surface area contributed by atoms with Gasteiger partial charge in [0.25, 0.3) is 10.0 Å². The average Bonchev–Trinajstić information content (AvgIpc) is 3.36. The van der Waals surface area contributed by atoms with Gasteiger partial charge in [-0.2, -0.15) is 10.2 Å². The summed E-state index contributed by atoms with van der Waals surface area (Å²) >= 11 is 0. The second-order valence-electron chi connectivity index (χ2n) is 15.3. The maximum absolute atomic E-state index is 16.9. The quantitative estimate of drug-likeness (QED) is 0.154. The molecule has 0 unspecified atom stereocenters. The van der Waals surface area contributed by atoms with E-state index in [4.69, 9.17) is 5.11 Å². The van der Waals surface area contributed by atoms with Gasteiger partial charge in [-0.15, -0.1) is 0 Å². The first kappa shape index (κ1) is 40.5. The van der Waals surface area contributed by atoms with Crippen LogP contribution in [-0.4, -0.2) is 80.5 Å². The molecule has 0 amide bonds. The molecule has 4 aliphatic carbocycles. The largest absolute Gasteiger partial charge is 0.507 e. The first-order chi connectivity index (χ1) is 26.3. The Balaban J connectivity index is 0.000000190. The number of pyridine rings is 1. The van der Waals surface area contributed by atoms with Gasteiger partial charge in [0.05, 0.1) is 22.4 Å². The fourth-order valence-electron chi connectivity index (χ4n) is 9.45. The predicted octanol–water partition coefficient (Wildman–Crippen LogP) is 5.60. The SMILES string of the molecule is C[C@@H]1C[C@H]2[C@@H]3CCC4=CC(=O)C=C[C@]4(C)[C@@]3(F)[C@@H](O)C[C@]2(C)[C@@]1(O)C(=O)CO.O=C(O)c1cc(N=Nc2ccc(S(=O)(=O)Nc3ccccn3)cc2)ccc1O. The number of aliphatic hydroxyl groups excluding tert-OH is 2. The molecule has 2 aromatic carbocycles. The smallest absolute Gasteiger partial charge is 0.339 e. The number of hydrogen-bond acceptors (Lipinski definition) is 12. The molecule has 16 heteroatoms. The normalized spacial score (nSPS) is 32.0. The van der Waals surface area contributed by atoms with E-state index in [0.717, 1.165) is 0 Å². The maximum atomic E-state index is 16.9. The molecule has 1 aromatic heterocycles. The third kappa shape index (κ3) is 6.63. The van der Waals surface area contributed by atoms with E-state index in [1.165, 1.54) is 66.9 Å². The first-order valence-corrected chi connectivity index (χ1v) is 19.5. The number of carbonyl (C=O) groups excluding carboxylic acids is 2. The number of allylic oxidation sites excluding steroid dienone is 4. The number of phenols is 1. The molecule has 296 valence electrons. The summed E-state index contributed by atoms with van der Waals surface area (Å²) in [6, 6.07) is 14.3. The van der Waals surface area contributed by atoms with Crippen LogP contribution in [0.1, 0.15) is 56.8 Å². The van der Waals surface area contributed by atoms with Crippen LogP contribution in [0, 0.1) is 28.6 Å². The number of aromatic nitrogens is 1. The van der Waals surface area contributed by atoms with Crippen molar-refractivity contribution >= 4 is 44.8 Å². The molecule has 8 atom stereocenters. The number of anilines is 1. The van der Waals surface area contributed by atoms with Crippen molar-refractivity contribution in [3.63, 3.8) is 0 Å². The van der Waals surface area contributed by atoms with E-state index in [9.17, 15) is 43.2 Å². The lowest BCUT2D eigenvalue weighted by Crippen LogP contribution is -2.69. The zero-order chi connectivity index (χ0) is 40.8. The van der Waals surface area contributed by atoms with E-state index >= 15 is 4.39 Å². The molecule has 0 saturated heterocycles. The maximum Gasteiger partial charge on any atom is 0.339 e. The number of carbonyl (C=O) groups is 3. The molecule has 7 rings (SSSR count). The second-order valence-corrected chi connectivity index (χ2v) is 17.0. The van der Waals surface area contributed by atoms with Gasteiger partial charge in [-0.3, -0.25) is 14.3 Å². The number of hydrogen-bond donors (Lipinski definition) is 6. The summed E-state index contributed by atoms with van der Waals surface area (Å²) in [5.41, 5.74) is -4.87. The molecule has 3 fully saturated rings. The number of carboxylic acid groups (broad SMARTS) is 1. The van der Waals surface area contributed by atoms with E-state index in [1.807, 2.05) is 0 Å². The summed E-state index contributed by atoms with van der Waals surface area (Å²) in [6.45, 7) is 4.48. The number of fused-ring (bicyclic) bond motifs is 5. The highest BCUT2D eigenvalue weighted by Gasteiger charge is 2.75. The molecule has 3 aromatic rings. The number of carboxylic acids is 1. The van der Waals surface area contributed by atoms with Crippen molar-refractivity contribution in [1.29, 1.82) is 0 Å². The van der Waals surface area contributed by atoms with Gasteiger partial charge in [-0.25, -0.2) is 22.6 Å². The molecule has 3 saturated carbocycles. The van der Waals surface area contributed by atoms with Gasteiger partial charge in [0.15, 0.2) is 17.2 Å². The number of nitrogens with one attached hydrogen (secondary N) is 1. The van der Waals surface area contributed by atoms with E-state index < -0.39 is 68.4 Å². The van der Waals surface area contributed by atoms with Crippen molar-refractivity contribution in [3.8, 4) is 5.75 Å². The van der Waals surface area contributed by atoms with Crippen LogP contribution in [0.3, 0.4) is 0 Å². The number of nitrogens with zero attached hydrogens (tertiary/aromatic N) is 3. The summed E-state index contributed by atoms with van der Waals surface area (Å²) in [7, 11) is -3.79. The van der Waals surface area contributed by atoms with E-state index in [0.29, 0.717) is 30.5 Å². The van der Waals surface area contributed by atoms with E-state index in [-0.39, 0.29) is 45.8 Å². The lowest BCUT2D eigenvalue weighted by Gasteiger charge is -2.62. The van der Waals surface area contributed by atoms with Crippen LogP contribution < -0.4 is 4.72 Å². The molecule has 0 spiro atoms. The van der Waals surface area contributed by atoms with Crippen LogP contribution in [0.5, 0.6) is 5.75 Å². The Morgan fingerprint density at radius 1 is 1.04 bits per heavy atom. The Labute approximate surface area is 322 Å². The number of benzene rings is 2. The van der Waals surface area contributed by atoms with Gasteiger partial charge in [-0.1, -0.05) is 31.6 Å². The van der Waals surface area contributed by atoms with Gasteiger partial charge < -0.3 is 25.5 Å². The minimum Gasteiger partial charge on any atom is -0.507 e. The van der Waals surface area contributed by atoms with Crippen LogP contribution in [0.2, 0.25) is 0 Å². The van der Waals surface area contributed by atoms with Crippen molar-refractivity contribution < 1.29 is 52.7 Å². The summed E-state index contributed by atoms with van der Waals surface area (Å²) in [6.07, 6.45) is 5.91. The van der Waals surface area contributed by atoms with Gasteiger partial charge in [0.2, 0.25) is 0 Å². The highest BCUT2D eigenvalue weighted by Crippen LogP contribution is 2.70. The minimum atomic E-state index is -3.79. The van der Waals surface area contributed by atoms with Crippen molar-refractivity contribution in [3.05, 3.63) is 96.2 Å². The Kier molecular flexibility index (Phi) is 10.7. The van der Waals surface area contributed by atoms with Crippen molar-refractivity contribution in [2.75, 3.05) is 11.3 Å². The monoisotopic (exact) mass is 790 g/mol. The van der Waals surface area contributed by atoms with E-state index in [2.05, 4.69) is 19.9 Å². The molecule has 0 aliphatic heterocycles. The summed E-state index contributed by atoms with van der Waals surface area (Å²) in [5.74, 6) is -3.58. The van der Waals surface area contributed by atoms with Gasteiger partial charge >= 0.3 is 5.97 Å². The third-order valence-electron chi connectivity index (χ3n) is 12.3. The summed E-state index contributed by atoms with van der Waals surface area (Å²) in [4.78, 5) is 39.3. The van der Waals surface area contributed by atoms with Crippen LogP contribution in [0.4, 0.5) is 21.6 Å². The number of Topliss-reactive ketones (excluding diaryl/α,β-unsaturated/α-hetero) is 1. The number of ketones is 2. The lowest BCUT2D eigenvalue weighted by molar-refractivity contribution is -0.219. The molecule has 56 heavy (non-hydrogen) atoms.